The van der Waals surface area contributed by atoms with Crippen molar-refractivity contribution >= 4 is 29.9 Å². The molecule has 0 saturated carbocycles. The van der Waals surface area contributed by atoms with Crippen LogP contribution in [0.3, 0.4) is 0 Å². The number of rotatable bonds is 6. The summed E-state index contributed by atoms with van der Waals surface area (Å²) in [7, 11) is 3.46. The molecule has 5 nitrogen and oxygen atoms in total. The number of hydrogen-bond donors (Lipinski definition) is 3. The molecule has 2 aromatic carbocycles. The Morgan fingerprint density at radius 2 is 1.89 bits per heavy atom. The topological polar surface area (TPSA) is 65.9 Å². The van der Waals surface area contributed by atoms with E-state index in [1.165, 1.54) is 24.0 Å². The molecule has 0 heterocycles. The third kappa shape index (κ3) is 5.53. The molecule has 3 N–H and O–H groups in total. The first-order valence-corrected chi connectivity index (χ1v) is 9.62. The van der Waals surface area contributed by atoms with Gasteiger partial charge in [-0.2, -0.15) is 0 Å². The summed E-state index contributed by atoms with van der Waals surface area (Å²) in [5.41, 5.74) is 4.84. The van der Waals surface area contributed by atoms with Crippen molar-refractivity contribution in [2.24, 2.45) is 4.99 Å². The van der Waals surface area contributed by atoms with Crippen LogP contribution < -0.4 is 15.4 Å². The number of guanidine groups is 1. The van der Waals surface area contributed by atoms with Crippen LogP contribution in [-0.4, -0.2) is 31.8 Å². The fourth-order valence-electron chi connectivity index (χ4n) is 3.71. The zero-order chi connectivity index (χ0) is 19.1. The average molecular weight is 495 g/mol. The maximum atomic E-state index is 10.3. The van der Waals surface area contributed by atoms with E-state index in [1.54, 1.807) is 14.2 Å². The van der Waals surface area contributed by atoms with Crippen LogP contribution in [0.1, 0.15) is 35.1 Å². The molecule has 2 aromatic rings. The fourth-order valence-corrected chi connectivity index (χ4v) is 3.71. The van der Waals surface area contributed by atoms with E-state index in [-0.39, 0.29) is 24.0 Å². The summed E-state index contributed by atoms with van der Waals surface area (Å²) < 4.78 is 5.40. The lowest BCUT2D eigenvalue weighted by Gasteiger charge is -2.21. The lowest BCUT2D eigenvalue weighted by atomic mass is 9.88. The monoisotopic (exact) mass is 495 g/mol. The molecule has 0 atom stereocenters. The Morgan fingerprint density at radius 1 is 1.11 bits per heavy atom. The van der Waals surface area contributed by atoms with Gasteiger partial charge in [0.05, 0.1) is 7.11 Å². The summed E-state index contributed by atoms with van der Waals surface area (Å²) in [4.78, 5) is 4.30. The summed E-state index contributed by atoms with van der Waals surface area (Å²) in [6.45, 7) is 1.32. The first kappa shape index (κ1) is 22.3. The Balaban J connectivity index is 0.00000280. The first-order chi connectivity index (χ1) is 13.2. The van der Waals surface area contributed by atoms with Gasteiger partial charge in [0, 0.05) is 25.7 Å². The molecule has 28 heavy (non-hydrogen) atoms. The maximum Gasteiger partial charge on any atom is 0.191 e. The van der Waals surface area contributed by atoms with Crippen LogP contribution in [0.5, 0.6) is 11.5 Å². The summed E-state index contributed by atoms with van der Waals surface area (Å²) in [5, 5.41) is 17.0. The van der Waals surface area contributed by atoms with E-state index in [0.29, 0.717) is 12.3 Å². The number of para-hydroxylation sites is 1. The van der Waals surface area contributed by atoms with E-state index >= 15 is 0 Å². The van der Waals surface area contributed by atoms with Crippen LogP contribution in [-0.2, 0) is 25.8 Å². The average Bonchev–Trinajstić information content (AvgIpc) is 2.72. The lowest BCUT2D eigenvalue weighted by molar-refractivity contribution is 0.409. The molecular formula is C22H30IN3O2. The highest BCUT2D eigenvalue weighted by Gasteiger charge is 2.16. The summed E-state index contributed by atoms with van der Waals surface area (Å²) in [6, 6.07) is 11.9. The quantitative estimate of drug-likeness (QED) is 0.324. The second kappa shape index (κ2) is 11.1. The number of aliphatic imine (C=N–C) groups is 1. The van der Waals surface area contributed by atoms with Crippen molar-refractivity contribution in [2.45, 2.75) is 38.6 Å². The van der Waals surface area contributed by atoms with Crippen LogP contribution in [0.25, 0.3) is 0 Å². The number of aryl methyl sites for hydroxylation is 1. The van der Waals surface area contributed by atoms with Gasteiger partial charge in [-0.1, -0.05) is 24.3 Å². The lowest BCUT2D eigenvalue weighted by Crippen LogP contribution is -2.38. The number of benzene rings is 2. The number of phenolic OH excluding ortho intramolecular Hbond substituents is 1. The number of fused-ring (bicyclic) bond motifs is 1. The Morgan fingerprint density at radius 3 is 2.68 bits per heavy atom. The minimum Gasteiger partial charge on any atom is -0.508 e. The summed E-state index contributed by atoms with van der Waals surface area (Å²) in [6.07, 6.45) is 5.41. The Labute approximate surface area is 184 Å². The van der Waals surface area contributed by atoms with Crippen molar-refractivity contribution in [3.8, 4) is 11.5 Å². The van der Waals surface area contributed by atoms with E-state index in [9.17, 15) is 5.11 Å². The number of nitrogens with one attached hydrogen (secondary N) is 2. The molecular weight excluding hydrogens is 465 g/mol. The number of halogens is 1. The smallest absolute Gasteiger partial charge is 0.191 e. The number of nitrogens with zero attached hydrogens (tertiary/aromatic N) is 1. The largest absolute Gasteiger partial charge is 0.508 e. The molecule has 0 saturated heterocycles. The number of hydrogen-bond acceptors (Lipinski definition) is 3. The van der Waals surface area contributed by atoms with Gasteiger partial charge in [0.1, 0.15) is 11.5 Å². The zero-order valence-corrected chi connectivity index (χ0v) is 19.0. The minimum atomic E-state index is 0. The summed E-state index contributed by atoms with van der Waals surface area (Å²) in [5.74, 6) is 2.01. The van der Waals surface area contributed by atoms with Gasteiger partial charge in [-0.25, -0.2) is 0 Å². The van der Waals surface area contributed by atoms with Crippen molar-refractivity contribution in [1.29, 1.82) is 0 Å². The molecule has 0 aliphatic heterocycles. The highest BCUT2D eigenvalue weighted by molar-refractivity contribution is 14.0. The van der Waals surface area contributed by atoms with Crippen molar-refractivity contribution in [3.05, 3.63) is 58.7 Å². The molecule has 1 aliphatic rings. The standard InChI is InChI=1S/C22H29N3O2.HI/c1-23-22(24-14-13-17-8-4-6-10-21(17)27-2)25-15-19-18-9-5-3-7-16(18)11-12-20(19)26;/h4,6,8,10-12,26H,3,5,7,9,13-15H2,1-2H3,(H2,23,24,25);1H. The molecule has 152 valence electrons. The van der Waals surface area contributed by atoms with Gasteiger partial charge in [-0.05, 0) is 60.9 Å². The molecule has 0 radical (unpaired) electrons. The molecule has 0 aromatic heterocycles. The van der Waals surface area contributed by atoms with Crippen molar-refractivity contribution in [1.82, 2.24) is 10.6 Å². The number of ether oxygens (including phenoxy) is 1. The van der Waals surface area contributed by atoms with Gasteiger partial charge >= 0.3 is 0 Å². The van der Waals surface area contributed by atoms with Gasteiger partial charge in [0.2, 0.25) is 0 Å². The zero-order valence-electron chi connectivity index (χ0n) is 16.6. The minimum absolute atomic E-state index is 0. The molecule has 0 fully saturated rings. The van der Waals surface area contributed by atoms with Crippen LogP contribution in [0.4, 0.5) is 0 Å². The van der Waals surface area contributed by atoms with Gasteiger partial charge in [-0.15, -0.1) is 24.0 Å². The summed E-state index contributed by atoms with van der Waals surface area (Å²) >= 11 is 0. The van der Waals surface area contributed by atoms with E-state index in [2.05, 4.69) is 27.8 Å². The van der Waals surface area contributed by atoms with Gasteiger partial charge < -0.3 is 20.5 Å². The number of aromatic hydroxyl groups is 1. The predicted octanol–water partition coefficient (Wildman–Crippen LogP) is 3.81. The third-order valence-electron chi connectivity index (χ3n) is 5.16. The Hall–Kier alpha value is -1.96. The molecule has 0 amide bonds. The molecule has 3 rings (SSSR count). The maximum absolute atomic E-state index is 10.3. The van der Waals surface area contributed by atoms with Crippen molar-refractivity contribution in [3.63, 3.8) is 0 Å². The Bertz CT molecular complexity index is 808. The normalized spacial score (nSPS) is 13.3. The highest BCUT2D eigenvalue weighted by Crippen LogP contribution is 2.30. The highest BCUT2D eigenvalue weighted by atomic mass is 127. The molecule has 0 bridgehead atoms. The van der Waals surface area contributed by atoms with Gasteiger partial charge in [-0.3, -0.25) is 4.99 Å². The molecule has 0 spiro atoms. The first-order valence-electron chi connectivity index (χ1n) is 9.62. The molecule has 0 unspecified atom stereocenters. The van der Waals surface area contributed by atoms with Crippen LogP contribution >= 0.6 is 24.0 Å². The fraction of sp³-hybridized carbons (Fsp3) is 0.409. The van der Waals surface area contributed by atoms with Crippen LogP contribution in [0, 0.1) is 0 Å². The van der Waals surface area contributed by atoms with Crippen LogP contribution in [0.2, 0.25) is 0 Å². The van der Waals surface area contributed by atoms with E-state index in [0.717, 1.165) is 48.6 Å². The second-order valence-electron chi connectivity index (χ2n) is 6.82. The Kier molecular flexibility index (Phi) is 8.89. The predicted molar refractivity (Wildman–Crippen MR) is 125 cm³/mol. The number of phenols is 1. The van der Waals surface area contributed by atoms with E-state index in [1.807, 2.05) is 24.3 Å². The molecule has 6 heteroatoms. The molecule has 1 aliphatic carbocycles. The van der Waals surface area contributed by atoms with Gasteiger partial charge in [0.15, 0.2) is 5.96 Å². The van der Waals surface area contributed by atoms with Crippen LogP contribution in [0.15, 0.2) is 41.4 Å². The van der Waals surface area contributed by atoms with Crippen molar-refractivity contribution < 1.29 is 9.84 Å². The SMILES string of the molecule is CN=C(NCCc1ccccc1OC)NCc1c(O)ccc2c1CCCC2.I. The van der Waals surface area contributed by atoms with Gasteiger partial charge in [0.25, 0.3) is 0 Å². The second-order valence-corrected chi connectivity index (χ2v) is 6.82. The third-order valence-corrected chi connectivity index (χ3v) is 5.16. The van der Waals surface area contributed by atoms with E-state index < -0.39 is 0 Å². The van der Waals surface area contributed by atoms with E-state index in [4.69, 9.17) is 4.74 Å². The number of methoxy groups -OCH3 is 1. The van der Waals surface area contributed by atoms with Crippen molar-refractivity contribution in [2.75, 3.05) is 20.7 Å².